The number of hydrogen-bond donors (Lipinski definition) is 3. The van der Waals surface area contributed by atoms with Crippen molar-refractivity contribution in [2.45, 2.75) is 6.10 Å². The predicted molar refractivity (Wildman–Crippen MR) is 82.1 cm³/mol. The molecule has 0 spiro atoms. The largest absolute Gasteiger partial charge is 0.384 e. The van der Waals surface area contributed by atoms with Gasteiger partial charge in [0.2, 0.25) is 0 Å². The Morgan fingerprint density at radius 2 is 1.81 bits per heavy atom. The van der Waals surface area contributed by atoms with Gasteiger partial charge in [-0.25, -0.2) is 9.18 Å². The molecule has 7 heteroatoms. The molecule has 4 nitrogen and oxygen atoms in total. The number of aliphatic hydroxyl groups excluding tert-OH is 1. The molecule has 108 valence electrons. The molecule has 3 rings (SSSR count). The third kappa shape index (κ3) is 2.62. The molecule has 1 unspecified atom stereocenters. The Labute approximate surface area is 131 Å². The van der Waals surface area contributed by atoms with Gasteiger partial charge in [0.25, 0.3) is 0 Å². The number of aliphatic hydroxyl groups is 1. The van der Waals surface area contributed by atoms with Gasteiger partial charge in [-0.15, -0.1) is 0 Å². The minimum absolute atomic E-state index is 0.0698. The SMILES string of the molecule is O=c1[nH]c2cc(Br)c(C(O)c3cc(Cl)ccc3F)cc2[nH]1. The summed E-state index contributed by atoms with van der Waals surface area (Å²) in [5, 5.41) is 10.7. The number of H-pyrrole nitrogens is 2. The van der Waals surface area contributed by atoms with Crippen LogP contribution >= 0.6 is 27.5 Å². The average molecular weight is 372 g/mol. The molecular formula is C14H9BrClFN2O2. The van der Waals surface area contributed by atoms with Gasteiger partial charge in [-0.2, -0.15) is 0 Å². The highest BCUT2D eigenvalue weighted by atomic mass is 79.9. The van der Waals surface area contributed by atoms with Gasteiger partial charge >= 0.3 is 5.69 Å². The van der Waals surface area contributed by atoms with Gasteiger partial charge in [0.1, 0.15) is 11.9 Å². The van der Waals surface area contributed by atoms with Crippen LogP contribution in [-0.4, -0.2) is 15.1 Å². The van der Waals surface area contributed by atoms with Crippen molar-refractivity contribution < 1.29 is 9.50 Å². The van der Waals surface area contributed by atoms with Crippen LogP contribution in [0.5, 0.6) is 0 Å². The second kappa shape index (κ2) is 5.29. The lowest BCUT2D eigenvalue weighted by atomic mass is 10.0. The summed E-state index contributed by atoms with van der Waals surface area (Å²) in [6.45, 7) is 0. The van der Waals surface area contributed by atoms with Crippen molar-refractivity contribution in [2.75, 3.05) is 0 Å². The van der Waals surface area contributed by atoms with Gasteiger partial charge in [0.15, 0.2) is 0 Å². The van der Waals surface area contributed by atoms with Crippen LogP contribution in [0.25, 0.3) is 11.0 Å². The summed E-state index contributed by atoms with van der Waals surface area (Å²) in [5.41, 5.74) is 1.27. The molecule has 0 aliphatic heterocycles. The van der Waals surface area contributed by atoms with Crippen LogP contribution in [-0.2, 0) is 0 Å². The van der Waals surface area contributed by atoms with Crippen LogP contribution in [0, 0.1) is 5.82 Å². The number of halogens is 3. The molecule has 0 aliphatic carbocycles. The Hall–Kier alpha value is -1.63. The smallest absolute Gasteiger partial charge is 0.323 e. The van der Waals surface area contributed by atoms with E-state index in [-0.39, 0.29) is 11.3 Å². The monoisotopic (exact) mass is 370 g/mol. The minimum Gasteiger partial charge on any atom is -0.384 e. The molecule has 0 bridgehead atoms. The zero-order chi connectivity index (χ0) is 15.1. The lowest BCUT2D eigenvalue weighted by Crippen LogP contribution is -2.03. The van der Waals surface area contributed by atoms with Crippen molar-refractivity contribution in [3.8, 4) is 0 Å². The molecule has 1 heterocycles. The van der Waals surface area contributed by atoms with Crippen LogP contribution in [0.15, 0.2) is 39.6 Å². The van der Waals surface area contributed by atoms with Gasteiger partial charge in [-0.05, 0) is 30.3 Å². The summed E-state index contributed by atoms with van der Waals surface area (Å²) in [6, 6.07) is 7.22. The van der Waals surface area contributed by atoms with Crippen molar-refractivity contribution in [3.63, 3.8) is 0 Å². The normalized spacial score (nSPS) is 12.8. The molecule has 0 saturated heterocycles. The molecular weight excluding hydrogens is 363 g/mol. The highest BCUT2D eigenvalue weighted by Gasteiger charge is 2.19. The number of rotatable bonds is 2. The van der Waals surface area contributed by atoms with E-state index in [0.717, 1.165) is 0 Å². The van der Waals surface area contributed by atoms with E-state index >= 15 is 0 Å². The van der Waals surface area contributed by atoms with Gasteiger partial charge in [-0.3, -0.25) is 0 Å². The van der Waals surface area contributed by atoms with Gasteiger partial charge < -0.3 is 15.1 Å². The maximum absolute atomic E-state index is 13.9. The van der Waals surface area contributed by atoms with Crippen LogP contribution in [0.4, 0.5) is 4.39 Å². The molecule has 1 atom stereocenters. The Morgan fingerprint density at radius 1 is 1.14 bits per heavy atom. The predicted octanol–water partition coefficient (Wildman–Crippen LogP) is 3.49. The Balaban J connectivity index is 2.16. The minimum atomic E-state index is -1.21. The third-order valence-electron chi connectivity index (χ3n) is 3.18. The van der Waals surface area contributed by atoms with Crippen LogP contribution in [0.3, 0.4) is 0 Å². The van der Waals surface area contributed by atoms with Crippen LogP contribution in [0.1, 0.15) is 17.2 Å². The lowest BCUT2D eigenvalue weighted by molar-refractivity contribution is 0.214. The zero-order valence-corrected chi connectivity index (χ0v) is 12.8. The van der Waals surface area contributed by atoms with Gasteiger partial charge in [0.05, 0.1) is 11.0 Å². The number of imidazole rings is 1. The Bertz CT molecular complexity index is 890. The molecule has 3 N–H and O–H groups in total. The first-order valence-corrected chi connectivity index (χ1v) is 7.17. The first-order chi connectivity index (χ1) is 9.95. The maximum Gasteiger partial charge on any atom is 0.323 e. The molecule has 21 heavy (non-hydrogen) atoms. The van der Waals surface area contributed by atoms with E-state index in [2.05, 4.69) is 25.9 Å². The number of nitrogens with one attached hydrogen (secondary N) is 2. The van der Waals surface area contributed by atoms with E-state index in [0.29, 0.717) is 26.1 Å². The van der Waals surface area contributed by atoms with Crippen LogP contribution < -0.4 is 5.69 Å². The summed E-state index contributed by atoms with van der Waals surface area (Å²) in [5.74, 6) is -0.554. The molecule has 0 amide bonds. The summed E-state index contributed by atoms with van der Waals surface area (Å²) in [4.78, 5) is 16.5. The van der Waals surface area contributed by atoms with E-state index in [4.69, 9.17) is 11.6 Å². The van der Waals surface area contributed by atoms with Crippen molar-refractivity contribution in [1.29, 1.82) is 0 Å². The second-order valence-corrected chi connectivity index (χ2v) is 5.86. The molecule has 1 aromatic heterocycles. The fourth-order valence-corrected chi connectivity index (χ4v) is 2.91. The highest BCUT2D eigenvalue weighted by molar-refractivity contribution is 9.10. The quantitative estimate of drug-likeness (QED) is 0.645. The maximum atomic E-state index is 13.9. The Kier molecular flexibility index (Phi) is 3.61. The van der Waals surface area contributed by atoms with E-state index in [1.54, 1.807) is 12.1 Å². The third-order valence-corrected chi connectivity index (χ3v) is 4.10. The first-order valence-electron chi connectivity index (χ1n) is 6.00. The number of aromatic nitrogens is 2. The lowest BCUT2D eigenvalue weighted by Gasteiger charge is -2.14. The highest BCUT2D eigenvalue weighted by Crippen LogP contribution is 2.33. The Morgan fingerprint density at radius 3 is 2.52 bits per heavy atom. The molecule has 0 radical (unpaired) electrons. The topological polar surface area (TPSA) is 68.9 Å². The molecule has 3 aromatic rings. The average Bonchev–Trinajstić information content (AvgIpc) is 2.79. The molecule has 0 aliphatic rings. The molecule has 0 saturated carbocycles. The summed E-state index contributed by atoms with van der Waals surface area (Å²) >= 11 is 9.16. The van der Waals surface area contributed by atoms with E-state index in [1.165, 1.54) is 18.2 Å². The fourth-order valence-electron chi connectivity index (χ4n) is 2.17. The summed E-state index contributed by atoms with van der Waals surface area (Å²) in [7, 11) is 0. The molecule has 2 aromatic carbocycles. The van der Waals surface area contributed by atoms with E-state index < -0.39 is 11.9 Å². The number of benzene rings is 2. The number of aromatic amines is 2. The fraction of sp³-hybridized carbons (Fsp3) is 0.0714. The van der Waals surface area contributed by atoms with Crippen molar-refractivity contribution >= 4 is 38.6 Å². The summed E-state index contributed by atoms with van der Waals surface area (Å²) in [6.07, 6.45) is -1.21. The molecule has 0 fully saturated rings. The van der Waals surface area contributed by atoms with E-state index in [1.807, 2.05) is 0 Å². The van der Waals surface area contributed by atoms with Gasteiger partial charge in [-0.1, -0.05) is 27.5 Å². The van der Waals surface area contributed by atoms with Crippen molar-refractivity contribution in [2.24, 2.45) is 0 Å². The van der Waals surface area contributed by atoms with Crippen molar-refractivity contribution in [3.05, 3.63) is 67.3 Å². The first kappa shape index (κ1) is 14.3. The number of fused-ring (bicyclic) bond motifs is 1. The van der Waals surface area contributed by atoms with Gasteiger partial charge in [0, 0.05) is 20.6 Å². The zero-order valence-electron chi connectivity index (χ0n) is 10.5. The van der Waals surface area contributed by atoms with Crippen LogP contribution in [0.2, 0.25) is 5.02 Å². The summed E-state index contributed by atoms with van der Waals surface area (Å²) < 4.78 is 14.4. The second-order valence-electron chi connectivity index (χ2n) is 4.57. The standard InChI is InChI=1S/C14H9BrClFN2O2/c15-9-5-12-11(18-14(21)19-12)4-7(9)13(20)8-3-6(16)1-2-10(8)17/h1-5,13,20H,(H2,18,19,21). The number of hydrogen-bond acceptors (Lipinski definition) is 2. The van der Waals surface area contributed by atoms with E-state index in [9.17, 15) is 14.3 Å². The van der Waals surface area contributed by atoms with Crippen molar-refractivity contribution in [1.82, 2.24) is 9.97 Å².